The van der Waals surface area contributed by atoms with Gasteiger partial charge in [0.1, 0.15) is 67.1 Å². The van der Waals surface area contributed by atoms with Crippen LogP contribution in [0.15, 0.2) is 0 Å². The third-order valence-corrected chi connectivity index (χ3v) is 6.46. The lowest BCUT2D eigenvalue weighted by Gasteiger charge is -2.48. The van der Waals surface area contributed by atoms with Gasteiger partial charge >= 0.3 is 0 Å². The van der Waals surface area contributed by atoms with Crippen molar-refractivity contribution in [1.82, 2.24) is 5.32 Å². The summed E-state index contributed by atoms with van der Waals surface area (Å²) < 4.78 is 27.4. The molecule has 0 saturated carbocycles. The fourth-order valence-electron chi connectivity index (χ4n) is 4.38. The summed E-state index contributed by atoms with van der Waals surface area (Å²) in [5.41, 5.74) is 0. The van der Waals surface area contributed by atoms with Crippen LogP contribution in [0.5, 0.6) is 0 Å². The molecule has 0 bridgehead atoms. The van der Waals surface area contributed by atoms with E-state index in [-0.39, 0.29) is 0 Å². The van der Waals surface area contributed by atoms with E-state index >= 15 is 0 Å². The van der Waals surface area contributed by atoms with Crippen molar-refractivity contribution in [2.75, 3.05) is 13.2 Å². The normalized spacial score (nSPS) is 50.0. The van der Waals surface area contributed by atoms with Crippen LogP contribution in [0.1, 0.15) is 13.8 Å². The fourth-order valence-corrected chi connectivity index (χ4v) is 4.38. The number of ether oxygens (including phenoxy) is 5. The summed E-state index contributed by atoms with van der Waals surface area (Å²) in [7, 11) is 0. The van der Waals surface area contributed by atoms with Crippen molar-refractivity contribution in [2.45, 2.75) is 106 Å². The zero-order valence-electron chi connectivity index (χ0n) is 19.5. The first-order valence-electron chi connectivity index (χ1n) is 11.4. The molecule has 3 heterocycles. The first-order chi connectivity index (χ1) is 16.9. The van der Waals surface area contributed by atoms with E-state index in [9.17, 15) is 50.8 Å². The van der Waals surface area contributed by atoms with Crippen LogP contribution in [0.4, 0.5) is 0 Å². The minimum Gasteiger partial charge on any atom is -0.394 e. The summed E-state index contributed by atoms with van der Waals surface area (Å²) in [5, 5.41) is 93.8. The summed E-state index contributed by atoms with van der Waals surface area (Å²) in [4.78, 5) is 11.7. The number of amides is 1. The highest BCUT2D eigenvalue weighted by Crippen LogP contribution is 2.32. The van der Waals surface area contributed by atoms with Crippen molar-refractivity contribution < 1.29 is 74.4 Å². The predicted octanol–water partition coefficient (Wildman–Crippen LogP) is -6.40. The van der Waals surface area contributed by atoms with Gasteiger partial charge in [-0.25, -0.2) is 0 Å². The van der Waals surface area contributed by atoms with Crippen LogP contribution in [0.2, 0.25) is 0 Å². The molecule has 16 nitrogen and oxygen atoms in total. The van der Waals surface area contributed by atoms with Crippen LogP contribution in [0.25, 0.3) is 0 Å². The average molecular weight is 529 g/mol. The summed E-state index contributed by atoms with van der Waals surface area (Å²) >= 11 is 0. The Morgan fingerprint density at radius 3 is 1.89 bits per heavy atom. The van der Waals surface area contributed by atoms with Crippen LogP contribution in [-0.2, 0) is 28.5 Å². The van der Waals surface area contributed by atoms with Gasteiger partial charge in [0.05, 0.1) is 19.3 Å². The van der Waals surface area contributed by atoms with E-state index in [2.05, 4.69) is 5.32 Å². The maximum Gasteiger partial charge on any atom is 0.217 e. The second kappa shape index (κ2) is 12.2. The van der Waals surface area contributed by atoms with Gasteiger partial charge in [-0.2, -0.15) is 0 Å². The Bertz CT molecular complexity index is 731. The molecule has 10 N–H and O–H groups in total. The zero-order valence-corrected chi connectivity index (χ0v) is 19.5. The molecule has 15 atom stereocenters. The molecule has 3 rings (SSSR count). The van der Waals surface area contributed by atoms with E-state index in [0.29, 0.717) is 0 Å². The molecule has 16 heteroatoms. The highest BCUT2D eigenvalue weighted by atomic mass is 16.8. The standard InChI is InChI=1S/C20H35NO15/c1-5-10(25)13(28)15(30)19(32-5)36-17-14(29)11(26)7(3-22)34-20(17)35-16-9(21-6(2)24)18(31)33-8(4-23)12(16)27/h5,7-20,22-23,25-31H,3-4H2,1-2H3,(H,21,24)/t5-,7+,8+,9+,10+,11-,12+,13+,14-,15-,16+,17+,18+,19+,20-/m0/s1. The van der Waals surface area contributed by atoms with Crippen molar-refractivity contribution in [3.63, 3.8) is 0 Å². The Hall–Kier alpha value is -1.09. The van der Waals surface area contributed by atoms with Crippen molar-refractivity contribution in [1.29, 1.82) is 0 Å². The van der Waals surface area contributed by atoms with E-state index in [1.807, 2.05) is 0 Å². The van der Waals surface area contributed by atoms with Gasteiger partial charge in [-0.05, 0) is 6.92 Å². The summed E-state index contributed by atoms with van der Waals surface area (Å²) in [6.07, 6.45) is -22.2. The molecule has 0 unspecified atom stereocenters. The second-order valence-corrected chi connectivity index (χ2v) is 9.05. The minimum atomic E-state index is -1.83. The molecule has 0 radical (unpaired) electrons. The summed E-state index contributed by atoms with van der Waals surface area (Å²) in [5.74, 6) is -0.632. The Kier molecular flexibility index (Phi) is 9.97. The first-order valence-corrected chi connectivity index (χ1v) is 11.4. The maximum absolute atomic E-state index is 11.7. The number of hydrogen-bond donors (Lipinski definition) is 10. The van der Waals surface area contributed by atoms with Crippen LogP contribution < -0.4 is 5.32 Å². The number of hydrogen-bond acceptors (Lipinski definition) is 15. The van der Waals surface area contributed by atoms with Gasteiger partial charge in [-0.3, -0.25) is 4.79 Å². The SMILES string of the molecule is CC(=O)N[C@@H]1[C@@H](O[C@@H]2O[C@H](CO)[C@H](O)[C@H](O)[C@H]2O[C@H]2O[C@@H](C)[C@@H](O)[C@@H](O)[C@@H]2O)[C@H](O)[C@@H](CO)O[C@H]1O. The van der Waals surface area contributed by atoms with Gasteiger partial charge in [0.25, 0.3) is 0 Å². The molecule has 0 spiro atoms. The minimum absolute atomic E-state index is 0.632. The monoisotopic (exact) mass is 529 g/mol. The molecule has 3 aliphatic heterocycles. The third-order valence-electron chi connectivity index (χ3n) is 6.46. The predicted molar refractivity (Wildman–Crippen MR) is 111 cm³/mol. The smallest absolute Gasteiger partial charge is 0.217 e. The van der Waals surface area contributed by atoms with Crippen molar-refractivity contribution in [3.05, 3.63) is 0 Å². The fraction of sp³-hybridized carbons (Fsp3) is 0.950. The lowest BCUT2D eigenvalue weighted by Crippen LogP contribution is -2.68. The van der Waals surface area contributed by atoms with E-state index in [0.717, 1.165) is 6.92 Å². The third kappa shape index (κ3) is 5.97. The lowest BCUT2D eigenvalue weighted by molar-refractivity contribution is -0.380. The molecule has 210 valence electrons. The van der Waals surface area contributed by atoms with E-state index < -0.39 is 111 Å². The van der Waals surface area contributed by atoms with E-state index in [1.54, 1.807) is 0 Å². The van der Waals surface area contributed by atoms with Crippen molar-refractivity contribution >= 4 is 5.91 Å². The van der Waals surface area contributed by atoms with Crippen molar-refractivity contribution in [2.24, 2.45) is 0 Å². The van der Waals surface area contributed by atoms with E-state index in [4.69, 9.17) is 23.7 Å². The van der Waals surface area contributed by atoms with Gasteiger partial charge in [0.2, 0.25) is 5.91 Å². The average Bonchev–Trinajstić information content (AvgIpc) is 2.83. The summed E-state index contributed by atoms with van der Waals surface area (Å²) in [6.45, 7) is 1.00. The molecular weight excluding hydrogens is 494 g/mol. The van der Waals surface area contributed by atoms with Crippen molar-refractivity contribution in [3.8, 4) is 0 Å². The number of rotatable bonds is 7. The molecule has 0 aliphatic carbocycles. The molecule has 0 aromatic heterocycles. The zero-order chi connectivity index (χ0) is 26.9. The Labute approximate surface area is 205 Å². The van der Waals surface area contributed by atoms with Crippen LogP contribution in [0.3, 0.4) is 0 Å². The Morgan fingerprint density at radius 1 is 0.722 bits per heavy atom. The summed E-state index contributed by atoms with van der Waals surface area (Å²) in [6, 6.07) is -1.39. The topological polar surface area (TPSA) is 257 Å². The quantitative estimate of drug-likeness (QED) is 0.147. The van der Waals surface area contributed by atoms with Gasteiger partial charge in [-0.15, -0.1) is 0 Å². The van der Waals surface area contributed by atoms with Gasteiger partial charge in [0, 0.05) is 6.92 Å². The Morgan fingerprint density at radius 2 is 1.31 bits per heavy atom. The highest BCUT2D eigenvalue weighted by Gasteiger charge is 2.53. The first kappa shape index (κ1) is 29.5. The largest absolute Gasteiger partial charge is 0.394 e. The highest BCUT2D eigenvalue weighted by molar-refractivity contribution is 5.73. The molecule has 1 amide bonds. The number of aliphatic hydroxyl groups is 9. The number of carbonyl (C=O) groups excluding carboxylic acids is 1. The maximum atomic E-state index is 11.7. The second-order valence-electron chi connectivity index (χ2n) is 9.05. The Balaban J connectivity index is 1.89. The van der Waals surface area contributed by atoms with Gasteiger partial charge in [0.15, 0.2) is 18.9 Å². The molecule has 3 fully saturated rings. The molecular formula is C20H35NO15. The van der Waals surface area contributed by atoms with Crippen LogP contribution in [0, 0.1) is 0 Å². The number of nitrogens with one attached hydrogen (secondary N) is 1. The molecule has 3 aliphatic rings. The lowest BCUT2D eigenvalue weighted by atomic mass is 9.95. The molecule has 3 saturated heterocycles. The van der Waals surface area contributed by atoms with Crippen LogP contribution >= 0.6 is 0 Å². The van der Waals surface area contributed by atoms with Gasteiger partial charge < -0.3 is 75.0 Å². The van der Waals surface area contributed by atoms with Crippen LogP contribution in [-0.4, -0.2) is 157 Å². The van der Waals surface area contributed by atoms with E-state index in [1.165, 1.54) is 6.92 Å². The molecule has 0 aromatic rings. The number of carbonyl (C=O) groups is 1. The molecule has 0 aromatic carbocycles. The van der Waals surface area contributed by atoms with Gasteiger partial charge in [-0.1, -0.05) is 0 Å². The molecule has 36 heavy (non-hydrogen) atoms. The number of aliphatic hydroxyl groups excluding tert-OH is 9.